The van der Waals surface area contributed by atoms with Gasteiger partial charge in [0.1, 0.15) is 24.7 Å². The number of hydrogen-bond acceptors (Lipinski definition) is 4. The number of rotatable bonds is 8. The molecule has 0 spiro atoms. The second kappa shape index (κ2) is 8.86. The number of ether oxygens (including phenoxy) is 2. The molecule has 4 nitrogen and oxygen atoms in total. The second-order valence-corrected chi connectivity index (χ2v) is 14.5. The van der Waals surface area contributed by atoms with Gasteiger partial charge in [-0.1, -0.05) is 24.3 Å². The lowest BCUT2D eigenvalue weighted by Gasteiger charge is -2.61. The first kappa shape index (κ1) is 24.1. The summed E-state index contributed by atoms with van der Waals surface area (Å²) in [6, 6.07) is 8.66. The Hall–Kier alpha value is -1.78. The van der Waals surface area contributed by atoms with Crippen molar-refractivity contribution in [2.45, 2.75) is 87.9 Å². The fourth-order valence-electron chi connectivity index (χ4n) is 11.8. The molecule has 2 N–H and O–H groups in total. The molecule has 0 aromatic heterocycles. The van der Waals surface area contributed by atoms with Crippen molar-refractivity contribution < 1.29 is 19.7 Å². The molecule has 8 bridgehead atoms. The average Bonchev–Trinajstić information content (AvgIpc) is 2.88. The summed E-state index contributed by atoms with van der Waals surface area (Å²) < 4.78 is 13.4. The van der Waals surface area contributed by atoms with Gasteiger partial charge in [0.25, 0.3) is 0 Å². The topological polar surface area (TPSA) is 58.9 Å². The van der Waals surface area contributed by atoms with Crippen LogP contribution >= 0.6 is 0 Å². The Morgan fingerprint density at radius 3 is 1.16 bits per heavy atom. The summed E-state index contributed by atoms with van der Waals surface area (Å²) in [4.78, 5) is 0. The molecule has 8 aliphatic rings. The monoisotopic (exact) mass is 516 g/mol. The Labute approximate surface area is 227 Å². The maximum Gasteiger partial charge on any atom is 0.131 e. The zero-order chi connectivity index (χ0) is 25.5. The molecule has 4 heteroatoms. The summed E-state index contributed by atoms with van der Waals surface area (Å²) in [7, 11) is 0. The van der Waals surface area contributed by atoms with Crippen molar-refractivity contribution in [1.82, 2.24) is 0 Å². The van der Waals surface area contributed by atoms with E-state index in [-0.39, 0.29) is 24.0 Å². The van der Waals surface area contributed by atoms with E-state index in [0.29, 0.717) is 13.2 Å². The van der Waals surface area contributed by atoms with E-state index in [0.717, 1.165) is 57.8 Å². The van der Waals surface area contributed by atoms with Crippen LogP contribution in [-0.4, -0.2) is 36.6 Å². The molecular weight excluding hydrogens is 472 g/mol. The van der Waals surface area contributed by atoms with Crippen molar-refractivity contribution in [3.8, 4) is 11.5 Å². The number of benzene rings is 2. The van der Waals surface area contributed by atoms with Gasteiger partial charge >= 0.3 is 0 Å². The van der Waals surface area contributed by atoms with Gasteiger partial charge in [-0.05, 0) is 113 Å². The van der Waals surface area contributed by atoms with Crippen molar-refractivity contribution >= 4 is 10.8 Å². The number of hydrogen-bond donors (Lipinski definition) is 2. The first-order valence-corrected chi connectivity index (χ1v) is 15.7. The molecule has 8 saturated carbocycles. The molecule has 0 saturated heterocycles. The lowest BCUT2D eigenvalue weighted by Crippen LogP contribution is -2.52. The average molecular weight is 517 g/mol. The van der Waals surface area contributed by atoms with E-state index in [4.69, 9.17) is 9.47 Å². The first-order valence-electron chi connectivity index (χ1n) is 15.7. The van der Waals surface area contributed by atoms with Crippen LogP contribution in [-0.2, 0) is 10.8 Å². The van der Waals surface area contributed by atoms with Crippen LogP contribution in [0.4, 0.5) is 0 Å². The lowest BCUT2D eigenvalue weighted by molar-refractivity contribution is -0.0194. The van der Waals surface area contributed by atoms with E-state index in [1.54, 1.807) is 0 Å². The summed E-state index contributed by atoms with van der Waals surface area (Å²) in [5, 5.41) is 22.1. The van der Waals surface area contributed by atoms with E-state index in [9.17, 15) is 10.2 Å². The Kier molecular flexibility index (Phi) is 5.61. The predicted molar refractivity (Wildman–Crippen MR) is 149 cm³/mol. The molecule has 2 aromatic carbocycles. The largest absolute Gasteiger partial charge is 0.490 e. The SMILES string of the molecule is OCCOc1c(C23CC4CC(CC(C4)C2)C3)c(C23CC4CC(CC(C4)C2)C3)c(OCCO)c2ccccc12. The highest BCUT2D eigenvalue weighted by atomic mass is 16.5. The smallest absolute Gasteiger partial charge is 0.131 e. The number of aliphatic hydroxyl groups excluding tert-OH is 2. The van der Waals surface area contributed by atoms with Crippen molar-refractivity contribution in [1.29, 1.82) is 0 Å². The van der Waals surface area contributed by atoms with E-state index in [2.05, 4.69) is 24.3 Å². The molecule has 8 aliphatic carbocycles. The van der Waals surface area contributed by atoms with Crippen LogP contribution in [0.25, 0.3) is 10.8 Å². The molecule has 0 aliphatic heterocycles. The van der Waals surface area contributed by atoms with Gasteiger partial charge in [-0.3, -0.25) is 0 Å². The maximum atomic E-state index is 9.92. The van der Waals surface area contributed by atoms with Crippen LogP contribution in [0.5, 0.6) is 11.5 Å². The van der Waals surface area contributed by atoms with E-state index in [1.165, 1.54) is 88.2 Å². The quantitative estimate of drug-likeness (QED) is 0.420. The van der Waals surface area contributed by atoms with Gasteiger partial charge in [0.15, 0.2) is 0 Å². The van der Waals surface area contributed by atoms with Crippen LogP contribution in [0.15, 0.2) is 24.3 Å². The highest BCUT2D eigenvalue weighted by Crippen LogP contribution is 2.69. The van der Waals surface area contributed by atoms with Crippen LogP contribution in [0.3, 0.4) is 0 Å². The predicted octanol–water partition coefficient (Wildman–Crippen LogP) is 6.52. The molecule has 38 heavy (non-hydrogen) atoms. The Bertz CT molecular complexity index is 1070. The molecule has 2 aromatic rings. The normalized spacial score (nSPS) is 40.3. The zero-order valence-corrected chi connectivity index (χ0v) is 22.8. The highest BCUT2D eigenvalue weighted by molar-refractivity contribution is 5.97. The Morgan fingerprint density at radius 1 is 0.553 bits per heavy atom. The standard InChI is InChI=1S/C34H44O4/c35-5-7-37-31-27-3-1-2-4-28(27)32(38-8-6-36)30(34-18-24-12-25(19-34)14-26(13-24)20-34)29(31)33-15-21-9-22(16-33)11-23(10-21)17-33/h1-4,21-26,35-36H,5-20H2. The van der Waals surface area contributed by atoms with Gasteiger partial charge in [0, 0.05) is 32.7 Å². The van der Waals surface area contributed by atoms with Crippen LogP contribution in [0.1, 0.15) is 88.2 Å². The van der Waals surface area contributed by atoms with E-state index in [1.807, 2.05) is 0 Å². The molecular formula is C34H44O4. The molecule has 0 amide bonds. The molecule has 0 heterocycles. The van der Waals surface area contributed by atoms with Gasteiger partial charge in [-0.2, -0.15) is 0 Å². The van der Waals surface area contributed by atoms with Crippen LogP contribution in [0, 0.1) is 35.5 Å². The summed E-state index contributed by atoms with van der Waals surface area (Å²) >= 11 is 0. The summed E-state index contributed by atoms with van der Waals surface area (Å²) in [5.74, 6) is 7.13. The molecule has 0 radical (unpaired) electrons. The Morgan fingerprint density at radius 2 is 0.868 bits per heavy atom. The third kappa shape index (κ3) is 3.54. The first-order chi connectivity index (χ1) is 18.6. The maximum absolute atomic E-state index is 9.92. The molecule has 0 atom stereocenters. The minimum Gasteiger partial charge on any atom is -0.490 e. The van der Waals surface area contributed by atoms with Crippen molar-refractivity contribution in [3.63, 3.8) is 0 Å². The van der Waals surface area contributed by atoms with Crippen molar-refractivity contribution in [2.24, 2.45) is 35.5 Å². The van der Waals surface area contributed by atoms with Gasteiger partial charge in [0.05, 0.1) is 13.2 Å². The molecule has 10 rings (SSSR count). The molecule has 8 fully saturated rings. The lowest BCUT2D eigenvalue weighted by atomic mass is 9.44. The summed E-state index contributed by atoms with van der Waals surface area (Å²) in [6.07, 6.45) is 16.2. The third-order valence-electron chi connectivity index (χ3n) is 11.9. The minimum atomic E-state index is 0.0318. The second-order valence-electron chi connectivity index (χ2n) is 14.5. The van der Waals surface area contributed by atoms with E-state index >= 15 is 0 Å². The molecule has 0 unspecified atom stereocenters. The minimum absolute atomic E-state index is 0.0318. The molecule has 204 valence electrons. The van der Waals surface area contributed by atoms with Crippen LogP contribution in [0.2, 0.25) is 0 Å². The van der Waals surface area contributed by atoms with Gasteiger partial charge in [0.2, 0.25) is 0 Å². The Balaban J connectivity index is 1.44. The van der Waals surface area contributed by atoms with Gasteiger partial charge in [-0.25, -0.2) is 0 Å². The number of fused-ring (bicyclic) bond motifs is 1. The van der Waals surface area contributed by atoms with Crippen molar-refractivity contribution in [3.05, 3.63) is 35.4 Å². The summed E-state index contributed by atoms with van der Waals surface area (Å²) in [6.45, 7) is 0.731. The van der Waals surface area contributed by atoms with Crippen molar-refractivity contribution in [2.75, 3.05) is 26.4 Å². The zero-order valence-electron chi connectivity index (χ0n) is 22.8. The van der Waals surface area contributed by atoms with Gasteiger partial charge < -0.3 is 19.7 Å². The fraction of sp³-hybridized carbons (Fsp3) is 0.706. The van der Waals surface area contributed by atoms with Crippen LogP contribution < -0.4 is 9.47 Å². The van der Waals surface area contributed by atoms with Gasteiger partial charge in [-0.15, -0.1) is 0 Å². The summed E-state index contributed by atoms with van der Waals surface area (Å²) in [5.41, 5.74) is 3.27. The van der Waals surface area contributed by atoms with E-state index < -0.39 is 0 Å². The fourth-order valence-corrected chi connectivity index (χ4v) is 11.8. The highest BCUT2D eigenvalue weighted by Gasteiger charge is 2.58. The number of aliphatic hydroxyl groups is 2. The third-order valence-corrected chi connectivity index (χ3v) is 11.9.